The lowest BCUT2D eigenvalue weighted by atomic mass is 10.1. The zero-order valence-electron chi connectivity index (χ0n) is 16.6. The highest BCUT2D eigenvalue weighted by molar-refractivity contribution is 7.89. The van der Waals surface area contributed by atoms with E-state index in [0.29, 0.717) is 44.0 Å². The van der Waals surface area contributed by atoms with Crippen molar-refractivity contribution >= 4 is 21.6 Å². The Kier molecular flexibility index (Phi) is 8.02. The molecule has 0 radical (unpaired) electrons. The van der Waals surface area contributed by atoms with Crippen molar-refractivity contribution in [3.8, 4) is 5.75 Å². The molecule has 1 amide bonds. The lowest BCUT2D eigenvalue weighted by molar-refractivity contribution is -0.116. The second-order valence-corrected chi connectivity index (χ2v) is 8.15. The highest BCUT2D eigenvalue weighted by Crippen LogP contribution is 2.24. The summed E-state index contributed by atoms with van der Waals surface area (Å²) in [6.45, 7) is 6.92. The van der Waals surface area contributed by atoms with E-state index in [2.05, 4.69) is 5.32 Å². The van der Waals surface area contributed by atoms with E-state index in [9.17, 15) is 13.2 Å². The monoisotopic (exact) mass is 404 g/mol. The molecule has 0 aliphatic carbocycles. The molecule has 2 aromatic rings. The number of hydrogen-bond acceptors (Lipinski definition) is 4. The number of nitrogens with one attached hydrogen (secondary N) is 1. The summed E-state index contributed by atoms with van der Waals surface area (Å²) in [5.74, 6) is 0.524. The van der Waals surface area contributed by atoms with Gasteiger partial charge in [-0.3, -0.25) is 4.79 Å². The normalized spacial score (nSPS) is 11.4. The van der Waals surface area contributed by atoms with Gasteiger partial charge in [0.25, 0.3) is 0 Å². The van der Waals surface area contributed by atoms with Gasteiger partial charge in [0.05, 0.1) is 17.2 Å². The van der Waals surface area contributed by atoms with Crippen molar-refractivity contribution in [2.24, 2.45) is 0 Å². The molecule has 0 aromatic heterocycles. The molecular weight excluding hydrogens is 376 g/mol. The number of ether oxygens (including phenoxy) is 1. The number of para-hydroxylation sites is 2. The van der Waals surface area contributed by atoms with Crippen molar-refractivity contribution in [1.82, 2.24) is 4.31 Å². The number of carbonyl (C=O) groups excluding carboxylic acids is 1. The second kappa shape index (κ2) is 10.2. The molecule has 152 valence electrons. The highest BCUT2D eigenvalue weighted by atomic mass is 32.2. The Morgan fingerprint density at radius 3 is 2.25 bits per heavy atom. The number of carbonyl (C=O) groups is 1. The molecule has 0 unspecified atom stereocenters. The Balaban J connectivity index is 1.97. The molecule has 0 bridgehead atoms. The Morgan fingerprint density at radius 2 is 1.64 bits per heavy atom. The fraction of sp³-hybridized carbons (Fsp3) is 0.381. The van der Waals surface area contributed by atoms with Crippen LogP contribution in [0.3, 0.4) is 0 Å². The summed E-state index contributed by atoms with van der Waals surface area (Å²) in [6, 6.07) is 14.0. The van der Waals surface area contributed by atoms with Crippen LogP contribution in [-0.4, -0.2) is 38.3 Å². The number of benzene rings is 2. The van der Waals surface area contributed by atoms with Gasteiger partial charge >= 0.3 is 0 Å². The molecule has 7 heteroatoms. The number of hydrogen-bond donors (Lipinski definition) is 1. The van der Waals surface area contributed by atoms with Gasteiger partial charge in [-0.2, -0.15) is 4.31 Å². The molecule has 6 nitrogen and oxygen atoms in total. The molecule has 0 heterocycles. The van der Waals surface area contributed by atoms with Gasteiger partial charge in [0, 0.05) is 19.5 Å². The fourth-order valence-electron chi connectivity index (χ4n) is 2.86. The maximum absolute atomic E-state index is 12.5. The smallest absolute Gasteiger partial charge is 0.243 e. The number of sulfonamides is 1. The first-order valence-corrected chi connectivity index (χ1v) is 11.0. The molecule has 0 saturated carbocycles. The lowest BCUT2D eigenvalue weighted by Gasteiger charge is -2.18. The molecule has 28 heavy (non-hydrogen) atoms. The van der Waals surface area contributed by atoms with Crippen LogP contribution in [-0.2, 0) is 21.2 Å². The van der Waals surface area contributed by atoms with Crippen LogP contribution in [0.2, 0.25) is 0 Å². The van der Waals surface area contributed by atoms with Crippen LogP contribution in [0.5, 0.6) is 5.75 Å². The maximum Gasteiger partial charge on any atom is 0.243 e. The van der Waals surface area contributed by atoms with Crippen LogP contribution < -0.4 is 10.1 Å². The van der Waals surface area contributed by atoms with Crippen molar-refractivity contribution in [3.63, 3.8) is 0 Å². The van der Waals surface area contributed by atoms with E-state index in [1.54, 1.807) is 30.3 Å². The van der Waals surface area contributed by atoms with Crippen LogP contribution in [0.25, 0.3) is 0 Å². The molecule has 2 rings (SSSR count). The van der Waals surface area contributed by atoms with Gasteiger partial charge in [0.15, 0.2) is 0 Å². The molecule has 1 N–H and O–H groups in total. The van der Waals surface area contributed by atoms with E-state index < -0.39 is 10.0 Å². The third-order valence-corrected chi connectivity index (χ3v) is 6.43. The van der Waals surface area contributed by atoms with E-state index in [4.69, 9.17) is 4.74 Å². The molecule has 2 aromatic carbocycles. The van der Waals surface area contributed by atoms with Crippen LogP contribution in [0.4, 0.5) is 5.69 Å². The lowest BCUT2D eigenvalue weighted by Crippen LogP contribution is -2.30. The SMILES string of the molecule is CCOc1ccccc1NC(=O)CCc1ccc(S(=O)(=O)N(CC)CC)cc1. The van der Waals surface area contributed by atoms with Crippen molar-refractivity contribution in [1.29, 1.82) is 0 Å². The van der Waals surface area contributed by atoms with Crippen LogP contribution in [0, 0.1) is 0 Å². The first kappa shape index (κ1) is 21.9. The average molecular weight is 405 g/mol. The van der Waals surface area contributed by atoms with Crippen LogP contribution in [0.15, 0.2) is 53.4 Å². The van der Waals surface area contributed by atoms with E-state index in [1.165, 1.54) is 4.31 Å². The summed E-state index contributed by atoms with van der Waals surface area (Å²) in [4.78, 5) is 12.5. The molecular formula is C21H28N2O4S. The Hall–Kier alpha value is -2.38. The maximum atomic E-state index is 12.5. The fourth-order valence-corrected chi connectivity index (χ4v) is 4.32. The average Bonchev–Trinajstić information content (AvgIpc) is 2.69. The summed E-state index contributed by atoms with van der Waals surface area (Å²) in [5.41, 5.74) is 1.56. The van der Waals surface area contributed by atoms with Gasteiger partial charge in [0.1, 0.15) is 5.75 Å². The van der Waals surface area contributed by atoms with Gasteiger partial charge in [-0.25, -0.2) is 8.42 Å². The Labute approximate surface area is 167 Å². The summed E-state index contributed by atoms with van der Waals surface area (Å²) < 4.78 is 32.0. The molecule has 0 aliphatic rings. The third kappa shape index (κ3) is 5.56. The van der Waals surface area contributed by atoms with Crippen molar-refractivity contribution in [2.45, 2.75) is 38.5 Å². The van der Waals surface area contributed by atoms with Crippen LogP contribution in [0.1, 0.15) is 32.8 Å². The largest absolute Gasteiger partial charge is 0.492 e. The predicted molar refractivity (Wildman–Crippen MR) is 111 cm³/mol. The zero-order chi connectivity index (χ0) is 20.6. The molecule has 0 saturated heterocycles. The summed E-state index contributed by atoms with van der Waals surface area (Å²) in [6.07, 6.45) is 0.816. The number of amides is 1. The standard InChI is InChI=1S/C21H28N2O4S/c1-4-23(5-2)28(25,26)18-14-11-17(12-15-18)13-16-21(24)22-19-9-7-8-10-20(19)27-6-3/h7-12,14-15H,4-6,13,16H2,1-3H3,(H,22,24). The molecule has 0 fully saturated rings. The van der Waals surface area contributed by atoms with Gasteiger partial charge < -0.3 is 10.1 Å². The first-order valence-electron chi connectivity index (χ1n) is 9.53. The minimum atomic E-state index is -3.46. The van der Waals surface area contributed by atoms with Crippen molar-refractivity contribution in [2.75, 3.05) is 25.0 Å². The topological polar surface area (TPSA) is 75.7 Å². The van der Waals surface area contributed by atoms with Crippen molar-refractivity contribution < 1.29 is 17.9 Å². The number of aryl methyl sites for hydroxylation is 1. The Morgan fingerprint density at radius 1 is 1.00 bits per heavy atom. The first-order chi connectivity index (χ1) is 13.4. The predicted octanol–water partition coefficient (Wildman–Crippen LogP) is 3.69. The van der Waals surface area contributed by atoms with Gasteiger partial charge in [-0.1, -0.05) is 38.1 Å². The minimum Gasteiger partial charge on any atom is -0.492 e. The zero-order valence-corrected chi connectivity index (χ0v) is 17.5. The van der Waals surface area contributed by atoms with Gasteiger partial charge in [0.2, 0.25) is 15.9 Å². The van der Waals surface area contributed by atoms with E-state index in [-0.39, 0.29) is 10.8 Å². The van der Waals surface area contributed by atoms with E-state index >= 15 is 0 Å². The van der Waals surface area contributed by atoms with Crippen LogP contribution >= 0.6 is 0 Å². The summed E-state index contributed by atoms with van der Waals surface area (Å²) >= 11 is 0. The second-order valence-electron chi connectivity index (χ2n) is 6.21. The van der Waals surface area contributed by atoms with Gasteiger partial charge in [-0.05, 0) is 43.2 Å². The number of nitrogens with zero attached hydrogens (tertiary/aromatic N) is 1. The van der Waals surface area contributed by atoms with E-state index in [1.807, 2.05) is 39.0 Å². The summed E-state index contributed by atoms with van der Waals surface area (Å²) in [7, 11) is -3.46. The summed E-state index contributed by atoms with van der Waals surface area (Å²) in [5, 5.41) is 2.86. The van der Waals surface area contributed by atoms with E-state index in [0.717, 1.165) is 5.56 Å². The highest BCUT2D eigenvalue weighted by Gasteiger charge is 2.21. The number of rotatable bonds is 10. The molecule has 0 spiro atoms. The van der Waals surface area contributed by atoms with Crippen molar-refractivity contribution in [3.05, 3.63) is 54.1 Å². The molecule has 0 aliphatic heterocycles. The quantitative estimate of drug-likeness (QED) is 0.655. The molecule has 0 atom stereocenters. The number of anilines is 1. The van der Waals surface area contributed by atoms with Gasteiger partial charge in [-0.15, -0.1) is 0 Å². The third-order valence-electron chi connectivity index (χ3n) is 4.37. The Bertz CT molecular complexity index is 876. The minimum absolute atomic E-state index is 0.119.